The Morgan fingerprint density at radius 3 is 2.54 bits per heavy atom. The van der Waals surface area contributed by atoms with Crippen molar-refractivity contribution in [1.29, 1.82) is 0 Å². The molecule has 1 fully saturated rings. The molecule has 1 N–H and O–H groups in total. The number of nitrogens with one attached hydrogen (secondary N) is 1. The van der Waals surface area contributed by atoms with Crippen molar-refractivity contribution >= 4 is 39.0 Å². The fourth-order valence-corrected chi connectivity index (χ4v) is 4.41. The smallest absolute Gasteiger partial charge is 0.243 e. The Morgan fingerprint density at radius 1 is 1.29 bits per heavy atom. The Hall–Kier alpha value is -0.930. The van der Waals surface area contributed by atoms with E-state index < -0.39 is 10.0 Å². The number of piperazine rings is 1. The molecule has 0 bridgehead atoms. The molecule has 0 aliphatic carbocycles. The molecule has 0 aromatic heterocycles. The molecule has 1 aliphatic heterocycles. The molecule has 1 heterocycles. The summed E-state index contributed by atoms with van der Waals surface area (Å²) in [5.74, 6) is 0. The standard InChI is InChI=1S/C15H23ClN4O2S2/c1-18(2)7-6-17-15(23)19-8-10-20(11-9-19)24(21,22)14-5-3-4-13(16)12-14/h3-5,12H,6-11H2,1-2H3,(H,17,23). The van der Waals surface area contributed by atoms with Crippen LogP contribution in [0.25, 0.3) is 0 Å². The lowest BCUT2D eigenvalue weighted by atomic mass is 10.4. The number of rotatable bonds is 5. The highest BCUT2D eigenvalue weighted by molar-refractivity contribution is 7.89. The summed E-state index contributed by atoms with van der Waals surface area (Å²) in [4.78, 5) is 4.32. The first-order valence-corrected chi connectivity index (χ1v) is 9.96. The maximum absolute atomic E-state index is 12.7. The highest BCUT2D eigenvalue weighted by Crippen LogP contribution is 2.20. The van der Waals surface area contributed by atoms with Crippen LogP contribution in [0.3, 0.4) is 0 Å². The minimum absolute atomic E-state index is 0.232. The maximum Gasteiger partial charge on any atom is 0.243 e. The van der Waals surface area contributed by atoms with Crippen LogP contribution in [-0.4, -0.2) is 81.0 Å². The Bertz CT molecular complexity index is 674. The van der Waals surface area contributed by atoms with Crippen molar-refractivity contribution in [3.63, 3.8) is 0 Å². The zero-order valence-corrected chi connectivity index (χ0v) is 16.3. The van der Waals surface area contributed by atoms with E-state index in [9.17, 15) is 8.42 Å². The third-order valence-electron chi connectivity index (χ3n) is 3.79. The Morgan fingerprint density at radius 2 is 1.96 bits per heavy atom. The molecule has 6 nitrogen and oxygen atoms in total. The van der Waals surface area contributed by atoms with Gasteiger partial charge >= 0.3 is 0 Å². The van der Waals surface area contributed by atoms with Gasteiger partial charge in [0, 0.05) is 44.3 Å². The van der Waals surface area contributed by atoms with Crippen molar-refractivity contribution < 1.29 is 8.42 Å². The molecule has 0 unspecified atom stereocenters. The summed E-state index contributed by atoms with van der Waals surface area (Å²) in [6, 6.07) is 6.36. The molecule has 2 rings (SSSR count). The van der Waals surface area contributed by atoms with E-state index in [2.05, 4.69) is 10.2 Å². The predicted molar refractivity (Wildman–Crippen MR) is 101 cm³/mol. The second-order valence-corrected chi connectivity index (χ2v) is 8.64. The van der Waals surface area contributed by atoms with Crippen molar-refractivity contribution in [2.75, 3.05) is 53.4 Å². The van der Waals surface area contributed by atoms with E-state index in [1.165, 1.54) is 10.4 Å². The van der Waals surface area contributed by atoms with E-state index in [4.69, 9.17) is 23.8 Å². The SMILES string of the molecule is CN(C)CCNC(=S)N1CCN(S(=O)(=O)c2cccc(Cl)c2)CC1. The van der Waals surface area contributed by atoms with Gasteiger partial charge in [-0.2, -0.15) is 4.31 Å². The second-order valence-electron chi connectivity index (χ2n) is 5.88. The van der Waals surface area contributed by atoms with Crippen molar-refractivity contribution in [1.82, 2.24) is 19.4 Å². The molecule has 1 saturated heterocycles. The first-order valence-electron chi connectivity index (χ1n) is 7.74. The molecule has 0 spiro atoms. The zero-order valence-electron chi connectivity index (χ0n) is 13.9. The van der Waals surface area contributed by atoms with Crippen LogP contribution in [0.1, 0.15) is 0 Å². The van der Waals surface area contributed by atoms with Crippen LogP contribution in [0.2, 0.25) is 5.02 Å². The average molecular weight is 391 g/mol. The summed E-state index contributed by atoms with van der Waals surface area (Å²) in [6.45, 7) is 3.63. The molecule has 1 aromatic carbocycles. The van der Waals surface area contributed by atoms with Crippen LogP contribution >= 0.6 is 23.8 Å². The van der Waals surface area contributed by atoms with E-state index in [0.29, 0.717) is 36.3 Å². The van der Waals surface area contributed by atoms with E-state index in [0.717, 1.165) is 13.1 Å². The molecule has 0 saturated carbocycles. The van der Waals surface area contributed by atoms with Crippen molar-refractivity contribution in [2.45, 2.75) is 4.90 Å². The van der Waals surface area contributed by atoms with E-state index in [1.54, 1.807) is 18.2 Å². The topological polar surface area (TPSA) is 55.9 Å². The van der Waals surface area contributed by atoms with Crippen LogP contribution in [0.4, 0.5) is 0 Å². The van der Waals surface area contributed by atoms with Crippen molar-refractivity contribution in [3.05, 3.63) is 29.3 Å². The van der Waals surface area contributed by atoms with Gasteiger partial charge in [-0.25, -0.2) is 8.42 Å². The number of nitrogens with zero attached hydrogens (tertiary/aromatic N) is 3. The number of hydrogen-bond acceptors (Lipinski definition) is 4. The molecule has 134 valence electrons. The number of halogens is 1. The molecule has 1 aromatic rings. The molecule has 24 heavy (non-hydrogen) atoms. The minimum Gasteiger partial charge on any atom is -0.361 e. The van der Waals surface area contributed by atoms with Gasteiger partial charge in [-0.3, -0.25) is 0 Å². The maximum atomic E-state index is 12.7. The van der Waals surface area contributed by atoms with Gasteiger partial charge in [-0.15, -0.1) is 0 Å². The number of hydrogen-bond donors (Lipinski definition) is 1. The zero-order chi connectivity index (χ0) is 17.7. The predicted octanol–water partition coefficient (Wildman–Crippen LogP) is 1.08. The lowest BCUT2D eigenvalue weighted by molar-refractivity contribution is 0.263. The first kappa shape index (κ1) is 19.4. The summed E-state index contributed by atoms with van der Waals surface area (Å²) in [5, 5.41) is 4.30. The van der Waals surface area contributed by atoms with Crippen LogP contribution < -0.4 is 5.32 Å². The molecule has 0 radical (unpaired) electrons. The van der Waals surface area contributed by atoms with Crippen LogP contribution in [0.15, 0.2) is 29.2 Å². The van der Waals surface area contributed by atoms with Gasteiger partial charge in [0.25, 0.3) is 0 Å². The van der Waals surface area contributed by atoms with Crippen LogP contribution in [-0.2, 0) is 10.0 Å². The van der Waals surface area contributed by atoms with E-state index >= 15 is 0 Å². The summed E-state index contributed by atoms with van der Waals surface area (Å²) >= 11 is 11.3. The number of benzene rings is 1. The van der Waals surface area contributed by atoms with E-state index in [1.807, 2.05) is 19.0 Å². The fourth-order valence-electron chi connectivity index (χ4n) is 2.41. The third kappa shape index (κ3) is 5.03. The number of likely N-dealkylation sites (N-methyl/N-ethyl adjacent to an activating group) is 1. The quantitative estimate of drug-likeness (QED) is 0.759. The Labute approximate surface area is 154 Å². The fraction of sp³-hybridized carbons (Fsp3) is 0.533. The van der Waals surface area contributed by atoms with Gasteiger partial charge in [0.2, 0.25) is 10.0 Å². The van der Waals surface area contributed by atoms with Gasteiger partial charge in [0.15, 0.2) is 5.11 Å². The highest BCUT2D eigenvalue weighted by atomic mass is 35.5. The van der Waals surface area contributed by atoms with Crippen molar-refractivity contribution in [2.24, 2.45) is 0 Å². The summed E-state index contributed by atoms with van der Waals surface area (Å²) in [6.07, 6.45) is 0. The van der Waals surface area contributed by atoms with Gasteiger partial charge in [0.1, 0.15) is 0 Å². The minimum atomic E-state index is -3.51. The summed E-state index contributed by atoms with van der Waals surface area (Å²) < 4.78 is 26.8. The molecule has 0 amide bonds. The molecular weight excluding hydrogens is 368 g/mol. The lowest BCUT2D eigenvalue weighted by Crippen LogP contribution is -2.53. The van der Waals surface area contributed by atoms with Gasteiger partial charge in [-0.1, -0.05) is 17.7 Å². The molecule has 1 aliphatic rings. The number of thiocarbonyl (C=S) groups is 1. The second kappa shape index (κ2) is 8.44. The Balaban J connectivity index is 1.91. The number of sulfonamides is 1. The average Bonchev–Trinajstić information content (AvgIpc) is 2.54. The monoisotopic (exact) mass is 390 g/mol. The summed E-state index contributed by atoms with van der Waals surface area (Å²) in [5.41, 5.74) is 0. The largest absolute Gasteiger partial charge is 0.361 e. The lowest BCUT2D eigenvalue weighted by Gasteiger charge is -2.35. The molecule has 0 atom stereocenters. The normalized spacial score (nSPS) is 16.4. The van der Waals surface area contributed by atoms with Crippen molar-refractivity contribution in [3.8, 4) is 0 Å². The highest BCUT2D eigenvalue weighted by Gasteiger charge is 2.29. The Kier molecular flexibility index (Phi) is 6.82. The summed E-state index contributed by atoms with van der Waals surface area (Å²) in [7, 11) is 0.498. The third-order valence-corrected chi connectivity index (χ3v) is 6.33. The van der Waals surface area contributed by atoms with E-state index in [-0.39, 0.29) is 4.90 Å². The van der Waals surface area contributed by atoms with Gasteiger partial charge in [-0.05, 0) is 44.5 Å². The van der Waals surface area contributed by atoms with Crippen LogP contribution in [0, 0.1) is 0 Å². The van der Waals surface area contributed by atoms with Gasteiger partial charge in [0.05, 0.1) is 4.90 Å². The van der Waals surface area contributed by atoms with Crippen LogP contribution in [0.5, 0.6) is 0 Å². The molecular formula is C15H23ClN4O2S2. The first-order chi connectivity index (χ1) is 11.3. The molecule has 9 heteroatoms. The van der Waals surface area contributed by atoms with Gasteiger partial charge < -0.3 is 15.1 Å².